The lowest BCUT2D eigenvalue weighted by Gasteiger charge is -2.47. The largest absolute Gasteiger partial charge is 0.335 e. The Labute approximate surface area is 141 Å². The summed E-state index contributed by atoms with van der Waals surface area (Å²) < 4.78 is 1.96. The van der Waals surface area contributed by atoms with Crippen LogP contribution >= 0.6 is 43.2 Å². The molecule has 1 aromatic heterocycles. The van der Waals surface area contributed by atoms with Gasteiger partial charge in [-0.1, -0.05) is 19.8 Å². The lowest BCUT2D eigenvalue weighted by molar-refractivity contribution is 0.0217. The van der Waals surface area contributed by atoms with E-state index in [1.807, 2.05) is 6.07 Å². The van der Waals surface area contributed by atoms with E-state index in [0.717, 1.165) is 32.0 Å². The fourth-order valence-corrected chi connectivity index (χ4v) is 6.58. The van der Waals surface area contributed by atoms with Gasteiger partial charge in [0.15, 0.2) is 0 Å². The molecule has 1 aromatic rings. The van der Waals surface area contributed by atoms with Gasteiger partial charge >= 0.3 is 0 Å². The average Bonchev–Trinajstić information content (AvgIpc) is 2.78. The van der Waals surface area contributed by atoms with Crippen molar-refractivity contribution in [3.63, 3.8) is 0 Å². The molecule has 2 aliphatic rings. The smallest absolute Gasteiger partial charge is 0.256 e. The number of halogens is 2. The fraction of sp³-hybridized carbons (Fsp3) is 0.667. The molecule has 3 atom stereocenters. The monoisotopic (exact) mass is 419 g/mol. The zero-order valence-electron chi connectivity index (χ0n) is 11.6. The van der Waals surface area contributed by atoms with Crippen LogP contribution in [0.25, 0.3) is 0 Å². The molecule has 1 saturated heterocycles. The summed E-state index contributed by atoms with van der Waals surface area (Å²) in [6, 6.07) is 2.41. The summed E-state index contributed by atoms with van der Waals surface area (Å²) in [7, 11) is 0. The summed E-state index contributed by atoms with van der Waals surface area (Å²) in [6.45, 7) is 3.28. The molecule has 20 heavy (non-hydrogen) atoms. The highest BCUT2D eigenvalue weighted by molar-refractivity contribution is 9.12. The van der Waals surface area contributed by atoms with Crippen LogP contribution in [0.5, 0.6) is 0 Å². The minimum Gasteiger partial charge on any atom is -0.335 e. The lowest BCUT2D eigenvalue weighted by Crippen LogP contribution is -2.52. The van der Waals surface area contributed by atoms with Gasteiger partial charge in [-0.15, -0.1) is 11.3 Å². The van der Waals surface area contributed by atoms with Crippen molar-refractivity contribution >= 4 is 49.1 Å². The first-order valence-corrected chi connectivity index (χ1v) is 9.74. The normalized spacial score (nSPS) is 30.1. The molecule has 1 aliphatic heterocycles. The van der Waals surface area contributed by atoms with E-state index < -0.39 is 0 Å². The van der Waals surface area contributed by atoms with Crippen LogP contribution in [-0.4, -0.2) is 23.4 Å². The number of piperidine rings is 1. The molecule has 3 unspecified atom stereocenters. The Morgan fingerprint density at radius 2 is 2.05 bits per heavy atom. The first-order valence-electron chi connectivity index (χ1n) is 7.33. The molecule has 0 N–H and O–H groups in total. The molecule has 0 radical (unpaired) electrons. The number of likely N-dealkylation sites (tertiary alicyclic amines) is 1. The van der Waals surface area contributed by atoms with E-state index in [2.05, 4.69) is 43.7 Å². The number of carbonyl (C=O) groups excluding carboxylic acids is 1. The van der Waals surface area contributed by atoms with Crippen molar-refractivity contribution in [1.29, 1.82) is 0 Å². The predicted octanol–water partition coefficient (Wildman–Crippen LogP) is 5.31. The third-order valence-corrected chi connectivity index (χ3v) is 7.23. The standard InChI is InChI=1S/C15H19Br2NOS/c1-9-6-7-18(12-5-3-2-4-10(9)12)15(19)11-8-13(16)20-14(11)17/h8-10,12H,2-7H2,1H3. The number of hydrogen-bond acceptors (Lipinski definition) is 2. The molecule has 110 valence electrons. The number of fused-ring (bicyclic) bond motifs is 1. The number of rotatable bonds is 1. The Hall–Kier alpha value is 0.130. The summed E-state index contributed by atoms with van der Waals surface area (Å²) in [5, 5.41) is 0. The summed E-state index contributed by atoms with van der Waals surface area (Å²) in [5.74, 6) is 1.69. The zero-order valence-corrected chi connectivity index (χ0v) is 15.6. The SMILES string of the molecule is CC1CCN(C(=O)c2cc(Br)sc2Br)C2CCCCC12. The van der Waals surface area contributed by atoms with Crippen molar-refractivity contribution < 1.29 is 4.79 Å². The van der Waals surface area contributed by atoms with Gasteiger partial charge in [0, 0.05) is 12.6 Å². The van der Waals surface area contributed by atoms with Crippen LogP contribution in [0.15, 0.2) is 13.6 Å². The maximum absolute atomic E-state index is 12.9. The maximum Gasteiger partial charge on any atom is 0.256 e. The van der Waals surface area contributed by atoms with Crippen molar-refractivity contribution in [3.05, 3.63) is 19.2 Å². The molecular formula is C15H19Br2NOS. The molecule has 0 spiro atoms. The van der Waals surface area contributed by atoms with Crippen molar-refractivity contribution in [2.45, 2.75) is 45.1 Å². The second-order valence-electron chi connectivity index (χ2n) is 6.02. The van der Waals surface area contributed by atoms with Gasteiger partial charge in [-0.3, -0.25) is 4.79 Å². The molecule has 2 fully saturated rings. The van der Waals surface area contributed by atoms with E-state index >= 15 is 0 Å². The topological polar surface area (TPSA) is 20.3 Å². The summed E-state index contributed by atoms with van der Waals surface area (Å²) >= 11 is 8.57. The van der Waals surface area contributed by atoms with E-state index in [1.165, 1.54) is 25.7 Å². The molecule has 2 heterocycles. The first kappa shape index (κ1) is 15.0. The highest BCUT2D eigenvalue weighted by atomic mass is 79.9. The van der Waals surface area contributed by atoms with Gasteiger partial charge in [-0.05, 0) is 69.0 Å². The van der Waals surface area contributed by atoms with Crippen molar-refractivity contribution in [3.8, 4) is 0 Å². The minimum atomic E-state index is 0.211. The predicted molar refractivity (Wildman–Crippen MR) is 90.3 cm³/mol. The second-order valence-corrected chi connectivity index (χ2v) is 9.77. The number of amides is 1. The van der Waals surface area contributed by atoms with E-state index in [4.69, 9.17) is 0 Å². The van der Waals surface area contributed by atoms with Gasteiger partial charge in [-0.2, -0.15) is 0 Å². The van der Waals surface area contributed by atoms with Crippen molar-refractivity contribution in [2.75, 3.05) is 6.54 Å². The zero-order chi connectivity index (χ0) is 14.3. The third-order valence-electron chi connectivity index (χ3n) is 4.89. The molecular weight excluding hydrogens is 402 g/mol. The molecule has 1 amide bonds. The molecule has 3 rings (SSSR count). The van der Waals surface area contributed by atoms with Crippen LogP contribution in [0.2, 0.25) is 0 Å². The van der Waals surface area contributed by atoms with E-state index in [-0.39, 0.29) is 5.91 Å². The number of nitrogens with zero attached hydrogens (tertiary/aromatic N) is 1. The Morgan fingerprint density at radius 3 is 2.75 bits per heavy atom. The Bertz CT molecular complexity index is 516. The van der Waals surface area contributed by atoms with Gasteiger partial charge in [0.1, 0.15) is 0 Å². The molecule has 5 heteroatoms. The van der Waals surface area contributed by atoms with Gasteiger partial charge in [-0.25, -0.2) is 0 Å². The number of carbonyl (C=O) groups is 1. The van der Waals surface area contributed by atoms with Crippen LogP contribution in [0.4, 0.5) is 0 Å². The highest BCUT2D eigenvalue weighted by Crippen LogP contribution is 2.40. The van der Waals surface area contributed by atoms with Crippen molar-refractivity contribution in [1.82, 2.24) is 4.90 Å². The van der Waals surface area contributed by atoms with Crippen LogP contribution < -0.4 is 0 Å². The van der Waals surface area contributed by atoms with Gasteiger partial charge in [0.05, 0.1) is 13.1 Å². The van der Waals surface area contributed by atoms with Gasteiger partial charge in [0.2, 0.25) is 0 Å². The maximum atomic E-state index is 12.9. The Morgan fingerprint density at radius 1 is 1.30 bits per heavy atom. The van der Waals surface area contributed by atoms with E-state index in [9.17, 15) is 4.79 Å². The number of hydrogen-bond donors (Lipinski definition) is 0. The van der Waals surface area contributed by atoms with Gasteiger partial charge in [0.25, 0.3) is 5.91 Å². The molecule has 0 aromatic carbocycles. The molecule has 1 saturated carbocycles. The van der Waals surface area contributed by atoms with Crippen molar-refractivity contribution in [2.24, 2.45) is 11.8 Å². The first-order chi connectivity index (χ1) is 9.58. The molecule has 2 nitrogen and oxygen atoms in total. The van der Waals surface area contributed by atoms with Crippen LogP contribution in [0.3, 0.4) is 0 Å². The average molecular weight is 421 g/mol. The second kappa shape index (κ2) is 6.09. The summed E-state index contributed by atoms with van der Waals surface area (Å²) in [6.07, 6.45) is 6.23. The lowest BCUT2D eigenvalue weighted by atomic mass is 9.72. The van der Waals surface area contributed by atoms with E-state index in [0.29, 0.717) is 12.0 Å². The molecule has 1 aliphatic carbocycles. The minimum absolute atomic E-state index is 0.211. The Kier molecular flexibility index (Phi) is 4.58. The Balaban J connectivity index is 1.85. The fourth-order valence-electron chi connectivity index (χ4n) is 3.81. The van der Waals surface area contributed by atoms with Crippen LogP contribution in [0.1, 0.15) is 49.4 Å². The van der Waals surface area contributed by atoms with E-state index in [1.54, 1.807) is 11.3 Å². The van der Waals surface area contributed by atoms with Gasteiger partial charge < -0.3 is 4.90 Å². The summed E-state index contributed by atoms with van der Waals surface area (Å²) in [4.78, 5) is 15.0. The summed E-state index contributed by atoms with van der Waals surface area (Å²) in [5.41, 5.74) is 0.820. The number of thiophene rings is 1. The highest BCUT2D eigenvalue weighted by Gasteiger charge is 2.40. The quantitative estimate of drug-likeness (QED) is 0.602. The van der Waals surface area contributed by atoms with Crippen LogP contribution in [0, 0.1) is 11.8 Å². The molecule has 0 bridgehead atoms. The third kappa shape index (κ3) is 2.73. The van der Waals surface area contributed by atoms with Crippen LogP contribution in [-0.2, 0) is 0 Å².